The maximum atomic E-state index is 12.9. The van der Waals surface area contributed by atoms with Crippen molar-refractivity contribution >= 4 is 11.9 Å². The summed E-state index contributed by atoms with van der Waals surface area (Å²) in [6.07, 6.45) is 1.40. The number of amides is 1. The second-order valence-corrected chi connectivity index (χ2v) is 3.67. The molecule has 0 N–H and O–H groups in total. The number of carbonyl (C=O) groups is 1. The molecule has 1 aromatic heterocycles. The standard InChI is InChI=1S/C10H13FN4O/c1-8(16)14-4-6-15(7-5-14)10-12-3-2-9(11)13-10/h2-3H,4-7H2,1H3. The van der Waals surface area contributed by atoms with Crippen molar-refractivity contribution in [2.45, 2.75) is 6.92 Å². The third-order valence-corrected chi connectivity index (χ3v) is 2.62. The van der Waals surface area contributed by atoms with Gasteiger partial charge in [0.15, 0.2) is 0 Å². The molecule has 1 aromatic rings. The zero-order valence-electron chi connectivity index (χ0n) is 9.06. The van der Waals surface area contributed by atoms with Crippen molar-refractivity contribution in [3.8, 4) is 0 Å². The van der Waals surface area contributed by atoms with Gasteiger partial charge in [0.1, 0.15) is 0 Å². The Morgan fingerprint density at radius 3 is 2.62 bits per heavy atom. The van der Waals surface area contributed by atoms with Crippen LogP contribution >= 0.6 is 0 Å². The molecule has 1 amide bonds. The number of hydrogen-bond donors (Lipinski definition) is 0. The molecule has 1 saturated heterocycles. The molecule has 0 aromatic carbocycles. The van der Waals surface area contributed by atoms with E-state index >= 15 is 0 Å². The zero-order chi connectivity index (χ0) is 11.5. The lowest BCUT2D eigenvalue weighted by atomic mass is 10.3. The van der Waals surface area contributed by atoms with Gasteiger partial charge in [-0.15, -0.1) is 0 Å². The molecule has 0 spiro atoms. The Morgan fingerprint density at radius 2 is 2.06 bits per heavy atom. The second-order valence-electron chi connectivity index (χ2n) is 3.67. The van der Waals surface area contributed by atoms with E-state index in [1.54, 1.807) is 11.8 Å². The van der Waals surface area contributed by atoms with E-state index in [0.717, 1.165) is 0 Å². The molecular weight excluding hydrogens is 211 g/mol. The number of hydrogen-bond acceptors (Lipinski definition) is 4. The topological polar surface area (TPSA) is 49.3 Å². The minimum atomic E-state index is -0.529. The molecule has 0 unspecified atom stereocenters. The van der Waals surface area contributed by atoms with E-state index < -0.39 is 5.95 Å². The van der Waals surface area contributed by atoms with Gasteiger partial charge in [0, 0.05) is 45.4 Å². The van der Waals surface area contributed by atoms with Gasteiger partial charge >= 0.3 is 0 Å². The monoisotopic (exact) mass is 224 g/mol. The number of aromatic nitrogens is 2. The summed E-state index contributed by atoms with van der Waals surface area (Å²) in [6, 6.07) is 1.22. The molecule has 1 aliphatic heterocycles. The van der Waals surface area contributed by atoms with Crippen molar-refractivity contribution in [1.29, 1.82) is 0 Å². The van der Waals surface area contributed by atoms with Gasteiger partial charge in [0.05, 0.1) is 0 Å². The maximum Gasteiger partial charge on any atom is 0.228 e. The van der Waals surface area contributed by atoms with Crippen LogP contribution in [-0.2, 0) is 4.79 Å². The van der Waals surface area contributed by atoms with E-state index in [0.29, 0.717) is 32.1 Å². The highest BCUT2D eigenvalue weighted by atomic mass is 19.1. The van der Waals surface area contributed by atoms with Crippen LogP contribution in [0.25, 0.3) is 0 Å². The van der Waals surface area contributed by atoms with Crippen LogP contribution in [0.5, 0.6) is 0 Å². The summed E-state index contributed by atoms with van der Waals surface area (Å²) < 4.78 is 12.9. The predicted molar refractivity (Wildman–Crippen MR) is 56.5 cm³/mol. The van der Waals surface area contributed by atoms with E-state index in [9.17, 15) is 9.18 Å². The fraction of sp³-hybridized carbons (Fsp3) is 0.500. The highest BCUT2D eigenvalue weighted by Gasteiger charge is 2.20. The Balaban J connectivity index is 2.01. The van der Waals surface area contributed by atoms with Crippen molar-refractivity contribution in [3.05, 3.63) is 18.2 Å². The number of carbonyl (C=O) groups excluding carboxylic acids is 1. The summed E-state index contributed by atoms with van der Waals surface area (Å²) in [5.41, 5.74) is 0. The van der Waals surface area contributed by atoms with Gasteiger partial charge in [-0.1, -0.05) is 0 Å². The Bertz CT molecular complexity index is 390. The zero-order valence-corrected chi connectivity index (χ0v) is 9.06. The molecule has 0 atom stereocenters. The Kier molecular flexibility index (Phi) is 2.98. The van der Waals surface area contributed by atoms with Crippen LogP contribution < -0.4 is 4.90 Å². The van der Waals surface area contributed by atoms with Crippen LogP contribution in [0.2, 0.25) is 0 Å². The summed E-state index contributed by atoms with van der Waals surface area (Å²) in [5.74, 6) is -0.0676. The van der Waals surface area contributed by atoms with Gasteiger partial charge < -0.3 is 9.80 Å². The molecule has 0 aliphatic carbocycles. The summed E-state index contributed by atoms with van der Waals surface area (Å²) in [4.78, 5) is 22.5. The number of nitrogens with zero attached hydrogens (tertiary/aromatic N) is 4. The molecule has 0 bridgehead atoms. The SMILES string of the molecule is CC(=O)N1CCN(c2nccc(F)n2)CC1. The first-order valence-corrected chi connectivity index (χ1v) is 5.16. The Morgan fingerprint density at radius 1 is 1.38 bits per heavy atom. The molecule has 16 heavy (non-hydrogen) atoms. The fourth-order valence-corrected chi connectivity index (χ4v) is 1.70. The van der Waals surface area contributed by atoms with E-state index in [2.05, 4.69) is 9.97 Å². The van der Waals surface area contributed by atoms with Crippen LogP contribution in [0.15, 0.2) is 12.3 Å². The second kappa shape index (κ2) is 4.42. The predicted octanol–water partition coefficient (Wildman–Crippen LogP) is 0.284. The highest BCUT2D eigenvalue weighted by molar-refractivity contribution is 5.73. The van der Waals surface area contributed by atoms with E-state index in [-0.39, 0.29) is 5.91 Å². The van der Waals surface area contributed by atoms with Crippen molar-refractivity contribution in [2.24, 2.45) is 0 Å². The van der Waals surface area contributed by atoms with E-state index in [4.69, 9.17) is 0 Å². The van der Waals surface area contributed by atoms with Crippen molar-refractivity contribution in [2.75, 3.05) is 31.1 Å². The Labute approximate surface area is 92.9 Å². The third-order valence-electron chi connectivity index (χ3n) is 2.62. The van der Waals surface area contributed by atoms with Gasteiger partial charge in [-0.2, -0.15) is 9.37 Å². The van der Waals surface area contributed by atoms with E-state index in [1.165, 1.54) is 12.3 Å². The summed E-state index contributed by atoms with van der Waals surface area (Å²) in [7, 11) is 0. The quantitative estimate of drug-likeness (QED) is 0.643. The molecule has 6 heteroatoms. The molecule has 2 heterocycles. The largest absolute Gasteiger partial charge is 0.339 e. The van der Waals surface area contributed by atoms with Gasteiger partial charge in [-0.05, 0) is 0 Å². The van der Waals surface area contributed by atoms with Crippen LogP contribution in [-0.4, -0.2) is 47.0 Å². The normalized spacial score (nSPS) is 16.4. The molecular formula is C10H13FN4O. The molecule has 86 valence electrons. The number of rotatable bonds is 1. The third kappa shape index (κ3) is 2.26. The van der Waals surface area contributed by atoms with Crippen LogP contribution in [0.1, 0.15) is 6.92 Å². The smallest absolute Gasteiger partial charge is 0.228 e. The summed E-state index contributed by atoms with van der Waals surface area (Å²) in [5, 5.41) is 0. The van der Waals surface area contributed by atoms with Crippen LogP contribution in [0.3, 0.4) is 0 Å². The average molecular weight is 224 g/mol. The fourth-order valence-electron chi connectivity index (χ4n) is 1.70. The molecule has 1 aliphatic rings. The van der Waals surface area contributed by atoms with Crippen LogP contribution in [0, 0.1) is 5.95 Å². The molecule has 1 fully saturated rings. The minimum absolute atomic E-state index is 0.0693. The first kappa shape index (κ1) is 10.8. The van der Waals surface area contributed by atoms with Gasteiger partial charge in [-0.3, -0.25) is 4.79 Å². The lowest BCUT2D eigenvalue weighted by molar-refractivity contribution is -0.129. The molecule has 2 rings (SSSR count). The van der Waals surface area contributed by atoms with Crippen LogP contribution in [0.4, 0.5) is 10.3 Å². The summed E-state index contributed by atoms with van der Waals surface area (Å²) in [6.45, 7) is 4.10. The molecule has 5 nitrogen and oxygen atoms in total. The van der Waals surface area contributed by atoms with Crippen molar-refractivity contribution in [3.63, 3.8) is 0 Å². The lowest BCUT2D eigenvalue weighted by Gasteiger charge is -2.34. The minimum Gasteiger partial charge on any atom is -0.339 e. The van der Waals surface area contributed by atoms with Crippen molar-refractivity contribution in [1.82, 2.24) is 14.9 Å². The first-order valence-electron chi connectivity index (χ1n) is 5.16. The average Bonchev–Trinajstić information content (AvgIpc) is 2.29. The first-order chi connectivity index (χ1) is 7.66. The van der Waals surface area contributed by atoms with Crippen molar-refractivity contribution < 1.29 is 9.18 Å². The summed E-state index contributed by atoms with van der Waals surface area (Å²) >= 11 is 0. The molecule has 0 radical (unpaired) electrons. The number of halogens is 1. The Hall–Kier alpha value is -1.72. The van der Waals surface area contributed by atoms with Gasteiger partial charge in [0.25, 0.3) is 0 Å². The lowest BCUT2D eigenvalue weighted by Crippen LogP contribution is -2.48. The van der Waals surface area contributed by atoms with Gasteiger partial charge in [0.2, 0.25) is 17.8 Å². The van der Waals surface area contributed by atoms with Gasteiger partial charge in [-0.25, -0.2) is 4.98 Å². The maximum absolute atomic E-state index is 12.9. The number of anilines is 1. The highest BCUT2D eigenvalue weighted by Crippen LogP contribution is 2.10. The van der Waals surface area contributed by atoms with E-state index in [1.807, 2.05) is 4.90 Å². The molecule has 0 saturated carbocycles. The number of piperazine rings is 1.